The van der Waals surface area contributed by atoms with Gasteiger partial charge in [0.05, 0.1) is 0 Å². The third-order valence-electron chi connectivity index (χ3n) is 3.59. The summed E-state index contributed by atoms with van der Waals surface area (Å²) in [6, 6.07) is 1.65. The predicted molar refractivity (Wildman–Crippen MR) is 52.1 cm³/mol. The first-order chi connectivity index (χ1) is 5.61. The molecule has 2 aliphatic rings. The maximum absolute atomic E-state index is 2.71. The summed E-state index contributed by atoms with van der Waals surface area (Å²) >= 11 is 0. The molecule has 2 fully saturated rings. The highest BCUT2D eigenvalue weighted by Crippen LogP contribution is 2.52. The molecule has 1 unspecified atom stereocenters. The Balaban J connectivity index is 2.06. The molecule has 1 aliphatic heterocycles. The number of likely N-dealkylation sites (tertiary alicyclic amines) is 1. The Bertz CT molecular complexity index is 174. The van der Waals surface area contributed by atoms with Gasteiger partial charge in [-0.2, -0.15) is 0 Å². The lowest BCUT2D eigenvalue weighted by Gasteiger charge is -2.33. The minimum atomic E-state index is 0.755. The second kappa shape index (κ2) is 2.73. The molecular formula is C11H21N. The van der Waals surface area contributed by atoms with Crippen molar-refractivity contribution in [1.29, 1.82) is 0 Å². The molecule has 2 rings (SSSR count). The monoisotopic (exact) mass is 167 g/mol. The van der Waals surface area contributed by atoms with Crippen molar-refractivity contribution in [2.75, 3.05) is 6.54 Å². The zero-order valence-electron chi connectivity index (χ0n) is 8.75. The van der Waals surface area contributed by atoms with Gasteiger partial charge < -0.3 is 0 Å². The normalized spacial score (nSPS) is 41.0. The standard InChI is InChI=1S/C11H21N/c1-7(2)11-10-5-9(10)6-12(11)8(3)4/h7-11H,5-6H2,1-4H3/t9-,10-,11?/m1/s1. The molecule has 1 saturated heterocycles. The highest BCUT2D eigenvalue weighted by Gasteiger charge is 2.53. The summed E-state index contributed by atoms with van der Waals surface area (Å²) in [5.41, 5.74) is 0. The minimum Gasteiger partial charge on any atom is -0.297 e. The van der Waals surface area contributed by atoms with E-state index in [1.165, 1.54) is 13.0 Å². The summed E-state index contributed by atoms with van der Waals surface area (Å²) in [7, 11) is 0. The molecule has 0 aromatic carbocycles. The Morgan fingerprint density at radius 2 is 1.83 bits per heavy atom. The Morgan fingerprint density at radius 1 is 1.17 bits per heavy atom. The predicted octanol–water partition coefficient (Wildman–Crippen LogP) is 2.37. The molecule has 1 heteroatoms. The van der Waals surface area contributed by atoms with Crippen LogP contribution in [-0.4, -0.2) is 23.5 Å². The molecule has 1 saturated carbocycles. The summed E-state index contributed by atoms with van der Waals surface area (Å²) in [5.74, 6) is 2.98. The van der Waals surface area contributed by atoms with Gasteiger partial charge in [-0.15, -0.1) is 0 Å². The largest absolute Gasteiger partial charge is 0.297 e. The van der Waals surface area contributed by atoms with Crippen molar-refractivity contribution in [2.24, 2.45) is 17.8 Å². The van der Waals surface area contributed by atoms with Crippen LogP contribution in [0.4, 0.5) is 0 Å². The number of fused-ring (bicyclic) bond motifs is 1. The van der Waals surface area contributed by atoms with E-state index in [4.69, 9.17) is 0 Å². The van der Waals surface area contributed by atoms with E-state index in [2.05, 4.69) is 32.6 Å². The van der Waals surface area contributed by atoms with Gasteiger partial charge in [-0.1, -0.05) is 13.8 Å². The smallest absolute Gasteiger partial charge is 0.0152 e. The summed E-state index contributed by atoms with van der Waals surface area (Å²) in [6.07, 6.45) is 1.52. The third-order valence-corrected chi connectivity index (χ3v) is 3.59. The van der Waals surface area contributed by atoms with Gasteiger partial charge in [-0.3, -0.25) is 4.90 Å². The van der Waals surface area contributed by atoms with E-state index in [1.807, 2.05) is 0 Å². The van der Waals surface area contributed by atoms with Crippen LogP contribution >= 0.6 is 0 Å². The molecule has 0 amide bonds. The van der Waals surface area contributed by atoms with Crippen molar-refractivity contribution < 1.29 is 0 Å². The van der Waals surface area contributed by atoms with Crippen molar-refractivity contribution >= 4 is 0 Å². The summed E-state index contributed by atoms with van der Waals surface area (Å²) < 4.78 is 0. The number of nitrogens with zero attached hydrogens (tertiary/aromatic N) is 1. The van der Waals surface area contributed by atoms with Gasteiger partial charge in [0.25, 0.3) is 0 Å². The van der Waals surface area contributed by atoms with Crippen LogP contribution in [-0.2, 0) is 0 Å². The molecule has 1 heterocycles. The van der Waals surface area contributed by atoms with E-state index in [9.17, 15) is 0 Å². The minimum absolute atomic E-state index is 0.755. The molecule has 0 aromatic rings. The number of hydrogen-bond donors (Lipinski definition) is 0. The van der Waals surface area contributed by atoms with Crippen molar-refractivity contribution in [3.8, 4) is 0 Å². The maximum atomic E-state index is 2.71. The lowest BCUT2D eigenvalue weighted by Crippen LogP contribution is -2.41. The van der Waals surface area contributed by atoms with Crippen LogP contribution in [0.5, 0.6) is 0 Å². The SMILES string of the molecule is CC(C)C1[C@@H]2C[C@@H]2CN1C(C)C. The van der Waals surface area contributed by atoms with Crippen LogP contribution < -0.4 is 0 Å². The first kappa shape index (κ1) is 8.55. The molecule has 0 aromatic heterocycles. The summed E-state index contributed by atoms with van der Waals surface area (Å²) in [4.78, 5) is 2.71. The molecule has 0 bridgehead atoms. The van der Waals surface area contributed by atoms with E-state index in [0.717, 1.165) is 29.8 Å². The van der Waals surface area contributed by atoms with E-state index >= 15 is 0 Å². The Labute approximate surface area is 76.1 Å². The van der Waals surface area contributed by atoms with Gasteiger partial charge in [-0.05, 0) is 38.0 Å². The average Bonchev–Trinajstić information content (AvgIpc) is 2.60. The quantitative estimate of drug-likeness (QED) is 0.610. The highest BCUT2D eigenvalue weighted by atomic mass is 15.2. The lowest BCUT2D eigenvalue weighted by atomic mass is 9.99. The number of piperidine rings is 1. The van der Waals surface area contributed by atoms with Crippen LogP contribution in [0.25, 0.3) is 0 Å². The number of hydrogen-bond acceptors (Lipinski definition) is 1. The lowest BCUT2D eigenvalue weighted by molar-refractivity contribution is 0.138. The van der Waals surface area contributed by atoms with E-state index in [-0.39, 0.29) is 0 Å². The van der Waals surface area contributed by atoms with Crippen LogP contribution in [0.15, 0.2) is 0 Å². The molecule has 12 heavy (non-hydrogen) atoms. The van der Waals surface area contributed by atoms with E-state index in [0.29, 0.717) is 0 Å². The van der Waals surface area contributed by atoms with E-state index in [1.54, 1.807) is 0 Å². The van der Waals surface area contributed by atoms with Crippen LogP contribution in [0.1, 0.15) is 34.1 Å². The third kappa shape index (κ3) is 1.19. The van der Waals surface area contributed by atoms with Crippen molar-refractivity contribution in [3.63, 3.8) is 0 Å². The van der Waals surface area contributed by atoms with Crippen molar-refractivity contribution in [2.45, 2.75) is 46.2 Å². The van der Waals surface area contributed by atoms with Gasteiger partial charge in [0.1, 0.15) is 0 Å². The van der Waals surface area contributed by atoms with Gasteiger partial charge in [0.15, 0.2) is 0 Å². The second-order valence-electron chi connectivity index (χ2n) is 5.18. The van der Waals surface area contributed by atoms with Gasteiger partial charge >= 0.3 is 0 Å². The summed E-state index contributed by atoms with van der Waals surface area (Å²) in [6.45, 7) is 10.8. The molecule has 1 aliphatic carbocycles. The fraction of sp³-hybridized carbons (Fsp3) is 1.00. The molecule has 70 valence electrons. The zero-order chi connectivity index (χ0) is 8.88. The van der Waals surface area contributed by atoms with Gasteiger partial charge in [-0.25, -0.2) is 0 Å². The average molecular weight is 167 g/mol. The fourth-order valence-electron chi connectivity index (χ4n) is 2.97. The first-order valence-electron chi connectivity index (χ1n) is 5.37. The Kier molecular flexibility index (Phi) is 1.95. The fourth-order valence-corrected chi connectivity index (χ4v) is 2.97. The van der Waals surface area contributed by atoms with E-state index < -0.39 is 0 Å². The highest BCUT2D eigenvalue weighted by molar-refractivity contribution is 5.05. The van der Waals surface area contributed by atoms with Crippen LogP contribution in [0.3, 0.4) is 0 Å². The maximum Gasteiger partial charge on any atom is 0.0152 e. The van der Waals surface area contributed by atoms with Crippen molar-refractivity contribution in [1.82, 2.24) is 4.90 Å². The molecule has 0 radical (unpaired) electrons. The molecule has 1 nitrogen and oxygen atoms in total. The molecule has 0 N–H and O–H groups in total. The molecule has 3 atom stereocenters. The Morgan fingerprint density at radius 3 is 2.25 bits per heavy atom. The zero-order valence-corrected chi connectivity index (χ0v) is 8.75. The van der Waals surface area contributed by atoms with Crippen molar-refractivity contribution in [3.05, 3.63) is 0 Å². The topological polar surface area (TPSA) is 3.24 Å². The van der Waals surface area contributed by atoms with Crippen LogP contribution in [0, 0.1) is 17.8 Å². The summed E-state index contributed by atoms with van der Waals surface area (Å²) in [5, 5.41) is 0. The Hall–Kier alpha value is -0.0400. The van der Waals surface area contributed by atoms with Crippen LogP contribution in [0.2, 0.25) is 0 Å². The van der Waals surface area contributed by atoms with Gasteiger partial charge in [0.2, 0.25) is 0 Å². The first-order valence-corrected chi connectivity index (χ1v) is 5.37. The molecular weight excluding hydrogens is 146 g/mol. The van der Waals surface area contributed by atoms with Gasteiger partial charge in [0, 0.05) is 18.6 Å². The molecule has 0 spiro atoms. The second-order valence-corrected chi connectivity index (χ2v) is 5.18. The number of rotatable bonds is 2.